The molecule has 0 N–H and O–H groups in total. The van der Waals surface area contributed by atoms with E-state index in [2.05, 4.69) is 10.1 Å². The van der Waals surface area contributed by atoms with E-state index in [1.165, 1.54) is 12.0 Å². The molecule has 2 aromatic carbocycles. The molecule has 2 aliphatic heterocycles. The Morgan fingerprint density at radius 3 is 2.24 bits per heavy atom. The number of hydrogen-bond donors (Lipinski definition) is 0. The van der Waals surface area contributed by atoms with E-state index in [-0.39, 0.29) is 24.2 Å². The van der Waals surface area contributed by atoms with Crippen molar-refractivity contribution in [2.24, 2.45) is 4.99 Å². The molecular weight excluding hydrogens is 447 g/mol. The highest BCUT2D eigenvalue weighted by Gasteiger charge is 2.43. The molecule has 10 heteroatoms. The largest absolute Gasteiger partial charge is 0.497 e. The summed E-state index contributed by atoms with van der Waals surface area (Å²) in [5.74, 6) is 0.0277. The number of aliphatic imine (C=N–C) groups is 1. The number of nitrogens with zero attached hydrogens (tertiary/aromatic N) is 5. The first-order chi connectivity index (χ1) is 16.4. The second-order valence-electron chi connectivity index (χ2n) is 8.08. The van der Waals surface area contributed by atoms with Crippen molar-refractivity contribution in [3.05, 3.63) is 65.5 Å². The second kappa shape index (κ2) is 8.51. The summed E-state index contributed by atoms with van der Waals surface area (Å²) in [4.78, 5) is 21.3. The molecule has 0 atom stereocenters. The first-order valence-corrected chi connectivity index (χ1v) is 10.9. The van der Waals surface area contributed by atoms with E-state index in [4.69, 9.17) is 4.74 Å². The van der Waals surface area contributed by atoms with Gasteiger partial charge in [0.1, 0.15) is 11.4 Å². The summed E-state index contributed by atoms with van der Waals surface area (Å²) in [6.45, 7) is 1.80. The Morgan fingerprint density at radius 2 is 1.62 bits per heavy atom. The summed E-state index contributed by atoms with van der Waals surface area (Å²) in [5, 5.41) is 3.82. The number of carbonyl (C=O) groups excluding carboxylic acids is 1. The molecule has 0 saturated heterocycles. The van der Waals surface area contributed by atoms with Gasteiger partial charge in [-0.1, -0.05) is 0 Å². The van der Waals surface area contributed by atoms with Crippen LogP contribution in [0.15, 0.2) is 53.5 Å². The molecule has 7 nitrogen and oxygen atoms in total. The van der Waals surface area contributed by atoms with Gasteiger partial charge in [-0.2, -0.15) is 18.3 Å². The van der Waals surface area contributed by atoms with Gasteiger partial charge in [-0.25, -0.2) is 4.68 Å². The number of halogens is 3. The first kappa shape index (κ1) is 22.0. The summed E-state index contributed by atoms with van der Waals surface area (Å²) in [5.41, 5.74) is 0.736. The van der Waals surface area contributed by atoms with E-state index in [1.807, 2.05) is 17.0 Å². The Hall–Kier alpha value is -3.82. The second-order valence-corrected chi connectivity index (χ2v) is 8.08. The van der Waals surface area contributed by atoms with Crippen molar-refractivity contribution < 1.29 is 22.7 Å². The molecule has 5 rings (SSSR count). The zero-order valence-corrected chi connectivity index (χ0v) is 18.4. The number of aromatic nitrogens is 2. The van der Waals surface area contributed by atoms with Crippen LogP contribution in [-0.2, 0) is 12.6 Å². The number of rotatable bonds is 4. The minimum atomic E-state index is -4.66. The number of methoxy groups -OCH3 is 1. The molecule has 34 heavy (non-hydrogen) atoms. The summed E-state index contributed by atoms with van der Waals surface area (Å²) in [7, 11) is 1.50. The Kier molecular flexibility index (Phi) is 5.51. The molecule has 0 saturated carbocycles. The van der Waals surface area contributed by atoms with Crippen LogP contribution in [0.5, 0.6) is 5.75 Å². The van der Waals surface area contributed by atoms with Crippen LogP contribution in [0.1, 0.15) is 28.2 Å². The third kappa shape index (κ3) is 3.89. The zero-order valence-electron chi connectivity index (χ0n) is 18.4. The lowest BCUT2D eigenvalue weighted by Crippen LogP contribution is -2.39. The van der Waals surface area contributed by atoms with Gasteiger partial charge in [-0.3, -0.25) is 9.79 Å². The van der Waals surface area contributed by atoms with Crippen LogP contribution in [0.25, 0.3) is 5.69 Å². The van der Waals surface area contributed by atoms with Crippen molar-refractivity contribution in [2.75, 3.05) is 36.5 Å². The number of carbonyl (C=O) groups is 1. The fraction of sp³-hybridized carbons (Fsp3) is 0.292. The number of ether oxygens (including phenoxy) is 1. The first-order valence-electron chi connectivity index (χ1n) is 10.9. The lowest BCUT2D eigenvalue weighted by molar-refractivity contribution is -0.141. The standard InChI is InChI=1S/C24H22F3N5O2/c1-34-19-9-7-18(8-10-19)32-21-20(22(29-32)24(25,26)27)11-14-31(23(21)33)17-5-3-16(4-6-17)30-13-2-12-28-15-30/h3-10,15H,2,11-14H2,1H3. The van der Waals surface area contributed by atoms with Crippen molar-refractivity contribution >= 4 is 23.6 Å². The summed E-state index contributed by atoms with van der Waals surface area (Å²) in [6, 6.07) is 13.8. The predicted molar refractivity (Wildman–Crippen MR) is 122 cm³/mol. The summed E-state index contributed by atoms with van der Waals surface area (Å²) < 4.78 is 47.5. The molecule has 3 aromatic rings. The van der Waals surface area contributed by atoms with E-state index >= 15 is 0 Å². The fourth-order valence-corrected chi connectivity index (χ4v) is 4.31. The maximum atomic E-state index is 13.8. The van der Waals surface area contributed by atoms with Gasteiger partial charge in [0.2, 0.25) is 0 Å². The molecular formula is C24H22F3N5O2. The van der Waals surface area contributed by atoms with E-state index in [0.717, 1.165) is 29.9 Å². The van der Waals surface area contributed by atoms with Crippen molar-refractivity contribution in [2.45, 2.75) is 19.0 Å². The van der Waals surface area contributed by atoms with Crippen LogP contribution in [0, 0.1) is 0 Å². The molecule has 2 aliphatic rings. The molecule has 0 aliphatic carbocycles. The maximum absolute atomic E-state index is 13.8. The molecule has 0 radical (unpaired) electrons. The highest BCUT2D eigenvalue weighted by molar-refractivity contribution is 6.07. The van der Waals surface area contributed by atoms with Gasteiger partial charge < -0.3 is 14.5 Å². The normalized spacial score (nSPS) is 16.1. The molecule has 176 valence electrons. The van der Waals surface area contributed by atoms with Gasteiger partial charge in [0.15, 0.2) is 5.69 Å². The summed E-state index contributed by atoms with van der Waals surface area (Å²) in [6.07, 6.45) is -1.86. The van der Waals surface area contributed by atoms with Gasteiger partial charge in [0, 0.05) is 36.6 Å². The number of hydrogen-bond acceptors (Lipinski definition) is 5. The van der Waals surface area contributed by atoms with Gasteiger partial charge in [-0.05, 0) is 61.4 Å². The van der Waals surface area contributed by atoms with Crippen LogP contribution in [0.2, 0.25) is 0 Å². The monoisotopic (exact) mass is 469 g/mol. The minimum Gasteiger partial charge on any atom is -0.497 e. The van der Waals surface area contributed by atoms with Gasteiger partial charge in [0.05, 0.1) is 19.1 Å². The Labute approximate surface area is 194 Å². The molecule has 1 amide bonds. The number of amides is 1. The van der Waals surface area contributed by atoms with Crippen LogP contribution >= 0.6 is 0 Å². The smallest absolute Gasteiger partial charge is 0.435 e. The third-order valence-corrected chi connectivity index (χ3v) is 6.00. The Balaban J connectivity index is 1.52. The number of fused-ring (bicyclic) bond motifs is 1. The Bertz CT molecular complexity index is 1230. The predicted octanol–water partition coefficient (Wildman–Crippen LogP) is 4.34. The maximum Gasteiger partial charge on any atom is 0.435 e. The van der Waals surface area contributed by atoms with Gasteiger partial charge >= 0.3 is 6.18 Å². The molecule has 0 fully saturated rings. The van der Waals surface area contributed by atoms with Crippen LogP contribution in [-0.4, -0.2) is 48.8 Å². The van der Waals surface area contributed by atoms with Crippen LogP contribution < -0.4 is 14.5 Å². The van der Waals surface area contributed by atoms with E-state index in [1.54, 1.807) is 42.7 Å². The van der Waals surface area contributed by atoms with E-state index < -0.39 is 17.8 Å². The zero-order chi connectivity index (χ0) is 23.9. The Morgan fingerprint density at radius 1 is 0.941 bits per heavy atom. The number of alkyl halides is 3. The highest BCUT2D eigenvalue weighted by Crippen LogP contribution is 2.37. The quantitative estimate of drug-likeness (QED) is 0.570. The van der Waals surface area contributed by atoms with Gasteiger partial charge in [-0.15, -0.1) is 0 Å². The van der Waals surface area contributed by atoms with Crippen molar-refractivity contribution in [3.8, 4) is 11.4 Å². The lowest BCUT2D eigenvalue weighted by atomic mass is 10.0. The van der Waals surface area contributed by atoms with Crippen LogP contribution in [0.3, 0.4) is 0 Å². The minimum absolute atomic E-state index is 0.0482. The number of benzene rings is 2. The van der Waals surface area contributed by atoms with Crippen LogP contribution in [0.4, 0.5) is 24.5 Å². The number of anilines is 2. The average molecular weight is 469 g/mol. The fourth-order valence-electron chi connectivity index (χ4n) is 4.31. The molecule has 3 heterocycles. The van der Waals surface area contributed by atoms with Crippen molar-refractivity contribution in [3.63, 3.8) is 0 Å². The summed E-state index contributed by atoms with van der Waals surface area (Å²) >= 11 is 0. The lowest BCUT2D eigenvalue weighted by Gasteiger charge is -2.29. The van der Waals surface area contributed by atoms with Crippen molar-refractivity contribution in [1.82, 2.24) is 9.78 Å². The molecule has 1 aromatic heterocycles. The topological polar surface area (TPSA) is 63.0 Å². The molecule has 0 unspecified atom stereocenters. The third-order valence-electron chi connectivity index (χ3n) is 6.00. The van der Waals surface area contributed by atoms with Crippen molar-refractivity contribution in [1.29, 1.82) is 0 Å². The van der Waals surface area contributed by atoms with E-state index in [9.17, 15) is 18.0 Å². The molecule has 0 bridgehead atoms. The average Bonchev–Trinajstić information content (AvgIpc) is 3.26. The molecule has 0 spiro atoms. The SMILES string of the molecule is COc1ccc(-n2nc(C(F)(F)F)c3c2C(=O)N(c2ccc(N4C=NCCC4)cc2)CC3)cc1. The van der Waals surface area contributed by atoms with Gasteiger partial charge in [0.25, 0.3) is 5.91 Å². The van der Waals surface area contributed by atoms with E-state index in [0.29, 0.717) is 17.1 Å². The highest BCUT2D eigenvalue weighted by atomic mass is 19.4.